The number of methoxy groups -OCH3 is 2. The Hall–Kier alpha value is -2.83. The normalized spacial score (nSPS) is 10.0. The molecule has 7 nitrogen and oxygen atoms in total. The van der Waals surface area contributed by atoms with E-state index in [1.807, 2.05) is 0 Å². The number of nitrogens with one attached hydrogen (secondary N) is 1. The lowest BCUT2D eigenvalue weighted by atomic mass is 10.2. The third kappa shape index (κ3) is 3.38. The highest BCUT2D eigenvalue weighted by molar-refractivity contribution is 5.88. The van der Waals surface area contributed by atoms with Crippen LogP contribution in [0.1, 0.15) is 16.1 Å². The maximum absolute atomic E-state index is 11.1. The third-order valence-electron chi connectivity index (χ3n) is 2.88. The number of carbonyl (C=O) groups is 1. The van der Waals surface area contributed by atoms with Gasteiger partial charge in [0, 0.05) is 12.3 Å². The Kier molecular flexibility index (Phi) is 4.55. The highest BCUT2D eigenvalue weighted by atomic mass is 16.5. The van der Waals surface area contributed by atoms with Gasteiger partial charge in [0.25, 0.3) is 0 Å². The fourth-order valence-electron chi connectivity index (χ4n) is 1.81. The van der Waals surface area contributed by atoms with Crippen molar-refractivity contribution in [2.75, 3.05) is 19.5 Å². The zero-order valence-corrected chi connectivity index (χ0v) is 11.7. The zero-order valence-electron chi connectivity index (χ0n) is 11.7. The van der Waals surface area contributed by atoms with Crippen LogP contribution >= 0.6 is 0 Å². The molecule has 2 N–H and O–H groups in total. The molecular formula is C14H15N3O4. The van der Waals surface area contributed by atoms with Crippen LogP contribution in [0.2, 0.25) is 0 Å². The molecule has 0 bridgehead atoms. The van der Waals surface area contributed by atoms with Crippen LogP contribution in [0.4, 0.5) is 5.69 Å². The van der Waals surface area contributed by atoms with Gasteiger partial charge in [-0.15, -0.1) is 0 Å². The van der Waals surface area contributed by atoms with Gasteiger partial charge in [-0.05, 0) is 12.1 Å². The minimum Gasteiger partial charge on any atom is -0.497 e. The fourth-order valence-corrected chi connectivity index (χ4v) is 1.81. The maximum Gasteiger partial charge on any atom is 0.339 e. The summed E-state index contributed by atoms with van der Waals surface area (Å²) in [5.74, 6) is 0.228. The number of anilines is 1. The lowest BCUT2D eigenvalue weighted by Gasteiger charge is -2.13. The SMILES string of the molecule is COc1ccc(OC)c(NCc2ncncc2C(=O)O)c1. The predicted octanol–water partition coefficient (Wildman–Crippen LogP) is 1.80. The molecule has 0 fully saturated rings. The van der Waals surface area contributed by atoms with Crippen LogP contribution in [0, 0.1) is 0 Å². The first kappa shape index (κ1) is 14.6. The molecule has 1 aromatic carbocycles. The van der Waals surface area contributed by atoms with Crippen molar-refractivity contribution in [2.45, 2.75) is 6.54 Å². The van der Waals surface area contributed by atoms with Gasteiger partial charge < -0.3 is 19.9 Å². The molecule has 0 aliphatic carbocycles. The molecule has 1 aromatic heterocycles. The average molecular weight is 289 g/mol. The summed E-state index contributed by atoms with van der Waals surface area (Å²) in [5.41, 5.74) is 1.14. The molecule has 2 rings (SSSR count). The molecule has 0 unspecified atom stereocenters. The molecule has 0 atom stereocenters. The van der Waals surface area contributed by atoms with Gasteiger partial charge in [-0.3, -0.25) is 0 Å². The highest BCUT2D eigenvalue weighted by Gasteiger charge is 2.12. The maximum atomic E-state index is 11.1. The van der Waals surface area contributed by atoms with Gasteiger partial charge in [0.1, 0.15) is 23.4 Å². The van der Waals surface area contributed by atoms with E-state index in [4.69, 9.17) is 14.6 Å². The number of aromatic nitrogens is 2. The average Bonchev–Trinajstić information content (AvgIpc) is 2.52. The number of hydrogen-bond donors (Lipinski definition) is 2. The third-order valence-corrected chi connectivity index (χ3v) is 2.88. The van der Waals surface area contributed by atoms with Crippen LogP contribution in [0.15, 0.2) is 30.7 Å². The van der Waals surface area contributed by atoms with Gasteiger partial charge in [0.2, 0.25) is 0 Å². The number of hydrogen-bond acceptors (Lipinski definition) is 6. The van der Waals surface area contributed by atoms with Gasteiger partial charge in [-0.25, -0.2) is 14.8 Å². The molecule has 0 aliphatic heterocycles. The summed E-state index contributed by atoms with van der Waals surface area (Å²) in [5, 5.41) is 12.2. The van der Waals surface area contributed by atoms with E-state index in [1.165, 1.54) is 12.5 Å². The summed E-state index contributed by atoms with van der Waals surface area (Å²) < 4.78 is 10.4. The number of ether oxygens (including phenoxy) is 2. The van der Waals surface area contributed by atoms with Crippen molar-refractivity contribution < 1.29 is 19.4 Å². The Morgan fingerprint density at radius 1 is 1.33 bits per heavy atom. The Morgan fingerprint density at radius 2 is 2.14 bits per heavy atom. The van der Waals surface area contributed by atoms with Gasteiger partial charge in [-0.2, -0.15) is 0 Å². The number of carboxylic acids is 1. The Labute approximate surface area is 121 Å². The van der Waals surface area contributed by atoms with Gasteiger partial charge in [-0.1, -0.05) is 0 Å². The standard InChI is InChI=1S/C14H15N3O4/c1-20-9-3-4-13(21-2)11(5-9)16-7-12-10(14(18)19)6-15-8-17-12/h3-6,8,16H,7H2,1-2H3,(H,18,19). The quantitative estimate of drug-likeness (QED) is 0.837. The topological polar surface area (TPSA) is 93.6 Å². The van der Waals surface area contributed by atoms with Crippen molar-refractivity contribution in [2.24, 2.45) is 0 Å². The summed E-state index contributed by atoms with van der Waals surface area (Å²) >= 11 is 0. The van der Waals surface area contributed by atoms with Crippen molar-refractivity contribution in [1.29, 1.82) is 0 Å². The molecule has 7 heteroatoms. The molecule has 1 heterocycles. The number of benzene rings is 1. The second kappa shape index (κ2) is 6.56. The molecule has 0 spiro atoms. The van der Waals surface area contributed by atoms with Crippen LogP contribution in [0.5, 0.6) is 11.5 Å². The summed E-state index contributed by atoms with van der Waals surface area (Å²) in [6.45, 7) is 0.230. The van der Waals surface area contributed by atoms with Crippen molar-refractivity contribution in [3.63, 3.8) is 0 Å². The van der Waals surface area contributed by atoms with Crippen LogP contribution in [0.25, 0.3) is 0 Å². The molecule has 0 saturated heterocycles. The van der Waals surface area contributed by atoms with Gasteiger partial charge in [0.05, 0.1) is 32.1 Å². The Bertz CT molecular complexity index is 646. The summed E-state index contributed by atoms with van der Waals surface area (Å²) in [6.07, 6.45) is 2.58. The van der Waals surface area contributed by atoms with E-state index in [1.54, 1.807) is 32.4 Å². The van der Waals surface area contributed by atoms with Crippen molar-refractivity contribution >= 4 is 11.7 Å². The minimum atomic E-state index is -1.06. The van der Waals surface area contributed by atoms with Crippen LogP contribution < -0.4 is 14.8 Å². The lowest BCUT2D eigenvalue weighted by molar-refractivity contribution is 0.0694. The second-order valence-electron chi connectivity index (χ2n) is 4.11. The van der Waals surface area contributed by atoms with Crippen LogP contribution in [-0.4, -0.2) is 35.3 Å². The second-order valence-corrected chi connectivity index (χ2v) is 4.11. The van der Waals surface area contributed by atoms with E-state index in [0.717, 1.165) is 0 Å². The lowest BCUT2D eigenvalue weighted by Crippen LogP contribution is -2.10. The molecule has 2 aromatic rings. The molecule has 0 saturated carbocycles. The molecule has 0 radical (unpaired) electrons. The largest absolute Gasteiger partial charge is 0.497 e. The molecular weight excluding hydrogens is 274 g/mol. The number of nitrogens with zero attached hydrogens (tertiary/aromatic N) is 2. The Balaban J connectivity index is 2.22. The molecule has 21 heavy (non-hydrogen) atoms. The fraction of sp³-hybridized carbons (Fsp3) is 0.214. The molecule has 0 aliphatic rings. The van der Waals surface area contributed by atoms with Crippen LogP contribution in [-0.2, 0) is 6.54 Å². The predicted molar refractivity (Wildman–Crippen MR) is 75.9 cm³/mol. The summed E-state index contributed by atoms with van der Waals surface area (Å²) in [7, 11) is 3.12. The van der Waals surface area contributed by atoms with E-state index in [-0.39, 0.29) is 12.1 Å². The zero-order chi connectivity index (χ0) is 15.2. The smallest absolute Gasteiger partial charge is 0.339 e. The first-order valence-corrected chi connectivity index (χ1v) is 6.13. The number of aromatic carboxylic acids is 1. The summed E-state index contributed by atoms with van der Waals surface area (Å²) in [4.78, 5) is 18.8. The van der Waals surface area contributed by atoms with Crippen LogP contribution in [0.3, 0.4) is 0 Å². The van der Waals surface area contributed by atoms with E-state index < -0.39 is 5.97 Å². The van der Waals surface area contributed by atoms with E-state index in [0.29, 0.717) is 22.9 Å². The Morgan fingerprint density at radius 3 is 2.81 bits per heavy atom. The number of rotatable bonds is 6. The monoisotopic (exact) mass is 289 g/mol. The van der Waals surface area contributed by atoms with E-state index >= 15 is 0 Å². The van der Waals surface area contributed by atoms with E-state index in [2.05, 4.69) is 15.3 Å². The van der Waals surface area contributed by atoms with Gasteiger partial charge >= 0.3 is 5.97 Å². The van der Waals surface area contributed by atoms with Gasteiger partial charge in [0.15, 0.2) is 0 Å². The number of carboxylic acid groups (broad SMARTS) is 1. The van der Waals surface area contributed by atoms with Crippen molar-refractivity contribution in [3.05, 3.63) is 42.0 Å². The van der Waals surface area contributed by atoms with E-state index in [9.17, 15) is 4.79 Å². The van der Waals surface area contributed by atoms with Crippen molar-refractivity contribution in [3.8, 4) is 11.5 Å². The summed E-state index contributed by atoms with van der Waals surface area (Å²) in [6, 6.07) is 5.30. The first-order valence-electron chi connectivity index (χ1n) is 6.13. The molecule has 110 valence electrons. The first-order chi connectivity index (χ1) is 10.2. The minimum absolute atomic E-state index is 0.0619. The highest BCUT2D eigenvalue weighted by Crippen LogP contribution is 2.29. The van der Waals surface area contributed by atoms with Crippen molar-refractivity contribution in [1.82, 2.24) is 9.97 Å². The molecule has 0 amide bonds.